The zero-order valence-electron chi connectivity index (χ0n) is 12.1. The predicted molar refractivity (Wildman–Crippen MR) is 87.5 cm³/mol. The van der Waals surface area contributed by atoms with Gasteiger partial charge in [-0.05, 0) is 43.2 Å². The van der Waals surface area contributed by atoms with Crippen molar-refractivity contribution in [3.8, 4) is 11.5 Å². The maximum atomic E-state index is 12.0. The number of carbonyl (C=O) groups is 1. The maximum absolute atomic E-state index is 12.0. The summed E-state index contributed by atoms with van der Waals surface area (Å²) in [6, 6.07) is 7.56. The van der Waals surface area contributed by atoms with Crippen molar-refractivity contribution in [2.45, 2.75) is 13.3 Å². The Morgan fingerprint density at radius 2 is 2.14 bits per heavy atom. The van der Waals surface area contributed by atoms with Crippen molar-refractivity contribution in [1.82, 2.24) is 5.32 Å². The highest BCUT2D eigenvalue weighted by atomic mass is 35.5. The number of rotatable bonds is 4. The molecule has 0 saturated heterocycles. The summed E-state index contributed by atoms with van der Waals surface area (Å²) in [7, 11) is 0. The number of amides is 1. The lowest BCUT2D eigenvalue weighted by atomic mass is 10.1. The van der Waals surface area contributed by atoms with Crippen LogP contribution in [0.3, 0.4) is 0 Å². The third-order valence-corrected chi connectivity index (χ3v) is 4.60. The van der Waals surface area contributed by atoms with Gasteiger partial charge in [-0.2, -0.15) is 0 Å². The van der Waals surface area contributed by atoms with Crippen LogP contribution in [-0.2, 0) is 6.42 Å². The standard InChI is InChI=1S/C16H16ClNO3S/c1-10-2-3-14(22-10)16(19)18-5-4-11-8-12(17)15-13(9-11)20-6-7-21-15/h2-3,8-9H,4-7H2,1H3,(H,18,19). The summed E-state index contributed by atoms with van der Waals surface area (Å²) >= 11 is 7.69. The fraction of sp³-hybridized carbons (Fsp3) is 0.312. The molecule has 2 aromatic rings. The fourth-order valence-electron chi connectivity index (χ4n) is 2.27. The van der Waals surface area contributed by atoms with Gasteiger partial charge in [-0.15, -0.1) is 11.3 Å². The Kier molecular flexibility index (Phi) is 4.55. The molecule has 4 nitrogen and oxygen atoms in total. The minimum atomic E-state index is -0.0401. The predicted octanol–water partition coefficient (Wildman–Crippen LogP) is 3.45. The van der Waals surface area contributed by atoms with Gasteiger partial charge >= 0.3 is 0 Å². The number of hydrogen-bond acceptors (Lipinski definition) is 4. The Balaban J connectivity index is 1.60. The summed E-state index contributed by atoms with van der Waals surface area (Å²) in [5, 5.41) is 3.47. The molecule has 1 aromatic carbocycles. The van der Waals surface area contributed by atoms with Crippen LogP contribution in [0.2, 0.25) is 5.02 Å². The van der Waals surface area contributed by atoms with E-state index < -0.39 is 0 Å². The average Bonchev–Trinajstić information content (AvgIpc) is 2.94. The molecule has 1 aromatic heterocycles. The Labute approximate surface area is 138 Å². The molecule has 0 aliphatic carbocycles. The second-order valence-electron chi connectivity index (χ2n) is 5.02. The van der Waals surface area contributed by atoms with E-state index in [0.717, 1.165) is 15.3 Å². The third-order valence-electron chi connectivity index (χ3n) is 3.32. The van der Waals surface area contributed by atoms with Gasteiger partial charge in [0.15, 0.2) is 11.5 Å². The van der Waals surface area contributed by atoms with Crippen LogP contribution in [0.5, 0.6) is 11.5 Å². The molecule has 0 atom stereocenters. The first-order valence-electron chi connectivity index (χ1n) is 7.06. The molecule has 1 N–H and O–H groups in total. The van der Waals surface area contributed by atoms with Crippen molar-refractivity contribution in [1.29, 1.82) is 0 Å². The fourth-order valence-corrected chi connectivity index (χ4v) is 3.34. The summed E-state index contributed by atoms with van der Waals surface area (Å²) in [5.74, 6) is 1.24. The Hall–Kier alpha value is -1.72. The van der Waals surface area contributed by atoms with E-state index >= 15 is 0 Å². The van der Waals surface area contributed by atoms with Crippen LogP contribution >= 0.6 is 22.9 Å². The highest BCUT2D eigenvalue weighted by Gasteiger charge is 2.16. The highest BCUT2D eigenvalue weighted by Crippen LogP contribution is 2.38. The molecule has 1 aliphatic heterocycles. The van der Waals surface area contributed by atoms with Crippen molar-refractivity contribution in [2.75, 3.05) is 19.8 Å². The van der Waals surface area contributed by atoms with Crippen molar-refractivity contribution in [3.05, 3.63) is 44.6 Å². The molecule has 1 amide bonds. The van der Waals surface area contributed by atoms with E-state index in [9.17, 15) is 4.79 Å². The van der Waals surface area contributed by atoms with Crippen LogP contribution in [0.15, 0.2) is 24.3 Å². The number of fused-ring (bicyclic) bond motifs is 1. The molecule has 0 saturated carbocycles. The largest absolute Gasteiger partial charge is 0.486 e. The zero-order chi connectivity index (χ0) is 15.5. The molecule has 6 heteroatoms. The van der Waals surface area contributed by atoms with E-state index in [1.807, 2.05) is 31.2 Å². The molecule has 0 spiro atoms. The monoisotopic (exact) mass is 337 g/mol. The van der Waals surface area contributed by atoms with E-state index in [0.29, 0.717) is 42.7 Å². The van der Waals surface area contributed by atoms with Gasteiger partial charge in [-0.1, -0.05) is 11.6 Å². The van der Waals surface area contributed by atoms with Crippen molar-refractivity contribution < 1.29 is 14.3 Å². The molecule has 0 fully saturated rings. The summed E-state index contributed by atoms with van der Waals surface area (Å²) in [5.41, 5.74) is 1.01. The number of carbonyl (C=O) groups excluding carboxylic acids is 1. The van der Waals surface area contributed by atoms with Crippen molar-refractivity contribution in [2.24, 2.45) is 0 Å². The van der Waals surface area contributed by atoms with Crippen molar-refractivity contribution in [3.63, 3.8) is 0 Å². The average molecular weight is 338 g/mol. The van der Waals surface area contributed by atoms with E-state index in [-0.39, 0.29) is 5.91 Å². The number of nitrogens with one attached hydrogen (secondary N) is 1. The van der Waals surface area contributed by atoms with Gasteiger partial charge in [0.25, 0.3) is 5.91 Å². The molecule has 2 heterocycles. The number of aryl methyl sites for hydroxylation is 1. The SMILES string of the molecule is Cc1ccc(C(=O)NCCc2cc(Cl)c3c(c2)OCCO3)s1. The lowest BCUT2D eigenvalue weighted by molar-refractivity contribution is 0.0958. The van der Waals surface area contributed by atoms with Gasteiger partial charge in [-0.25, -0.2) is 0 Å². The first-order valence-corrected chi connectivity index (χ1v) is 8.25. The van der Waals surface area contributed by atoms with Crippen LogP contribution in [0.4, 0.5) is 0 Å². The molecule has 1 aliphatic rings. The van der Waals surface area contributed by atoms with Crippen LogP contribution < -0.4 is 14.8 Å². The molecular formula is C16H16ClNO3S. The zero-order valence-corrected chi connectivity index (χ0v) is 13.7. The molecule has 0 bridgehead atoms. The Bertz CT molecular complexity index is 699. The first kappa shape index (κ1) is 15.2. The summed E-state index contributed by atoms with van der Waals surface area (Å²) < 4.78 is 11.0. The smallest absolute Gasteiger partial charge is 0.261 e. The summed E-state index contributed by atoms with van der Waals surface area (Å²) in [4.78, 5) is 13.8. The molecule has 22 heavy (non-hydrogen) atoms. The highest BCUT2D eigenvalue weighted by molar-refractivity contribution is 7.13. The first-order chi connectivity index (χ1) is 10.6. The third kappa shape index (κ3) is 3.36. The Morgan fingerprint density at radius 1 is 1.32 bits per heavy atom. The van der Waals surface area contributed by atoms with Gasteiger partial charge < -0.3 is 14.8 Å². The van der Waals surface area contributed by atoms with Crippen molar-refractivity contribution >= 4 is 28.8 Å². The summed E-state index contributed by atoms with van der Waals surface area (Å²) in [6.45, 7) is 3.58. The summed E-state index contributed by atoms with van der Waals surface area (Å²) in [6.07, 6.45) is 0.687. The number of hydrogen-bond donors (Lipinski definition) is 1. The second-order valence-corrected chi connectivity index (χ2v) is 6.71. The number of halogens is 1. The normalized spacial score (nSPS) is 13.0. The molecule has 3 rings (SSSR count). The Morgan fingerprint density at radius 3 is 2.91 bits per heavy atom. The molecule has 0 radical (unpaired) electrons. The molecule has 116 valence electrons. The second kappa shape index (κ2) is 6.58. The minimum absolute atomic E-state index is 0.0401. The van der Waals surface area contributed by atoms with Gasteiger partial charge in [0.05, 0.1) is 9.90 Å². The van der Waals surface area contributed by atoms with E-state index in [1.165, 1.54) is 11.3 Å². The molecular weight excluding hydrogens is 322 g/mol. The minimum Gasteiger partial charge on any atom is -0.486 e. The van der Waals surface area contributed by atoms with E-state index in [1.54, 1.807) is 0 Å². The van der Waals surface area contributed by atoms with Gasteiger partial charge in [0.1, 0.15) is 13.2 Å². The number of thiophene rings is 1. The lowest BCUT2D eigenvalue weighted by Gasteiger charge is -2.20. The van der Waals surface area contributed by atoms with E-state index in [4.69, 9.17) is 21.1 Å². The van der Waals surface area contributed by atoms with Gasteiger partial charge in [0, 0.05) is 11.4 Å². The number of ether oxygens (including phenoxy) is 2. The molecule has 0 unspecified atom stereocenters. The van der Waals surface area contributed by atoms with Crippen LogP contribution in [0.1, 0.15) is 20.1 Å². The lowest BCUT2D eigenvalue weighted by Crippen LogP contribution is -2.25. The quantitative estimate of drug-likeness (QED) is 0.929. The number of benzene rings is 1. The van der Waals surface area contributed by atoms with Crippen LogP contribution in [0, 0.1) is 6.92 Å². The van der Waals surface area contributed by atoms with Gasteiger partial charge in [0.2, 0.25) is 0 Å². The topological polar surface area (TPSA) is 47.6 Å². The van der Waals surface area contributed by atoms with Crippen LogP contribution in [-0.4, -0.2) is 25.7 Å². The van der Waals surface area contributed by atoms with Gasteiger partial charge in [-0.3, -0.25) is 4.79 Å². The maximum Gasteiger partial charge on any atom is 0.261 e. The van der Waals surface area contributed by atoms with Crippen LogP contribution in [0.25, 0.3) is 0 Å². The van der Waals surface area contributed by atoms with E-state index in [2.05, 4.69) is 5.32 Å².